The van der Waals surface area contributed by atoms with Gasteiger partial charge in [0, 0.05) is 12.1 Å². The SMILES string of the molecule is COc1cc2c(c(OC)c1OC)C(C)(C(=O)O)NCC2. The molecule has 2 N–H and O–H groups in total. The van der Waals surface area contributed by atoms with Gasteiger partial charge in [-0.05, 0) is 25.0 Å². The zero-order valence-corrected chi connectivity index (χ0v) is 12.1. The molecule has 0 aliphatic carbocycles. The highest BCUT2D eigenvalue weighted by molar-refractivity contribution is 5.84. The fourth-order valence-electron chi connectivity index (χ4n) is 2.67. The van der Waals surface area contributed by atoms with Crippen LogP contribution in [0, 0.1) is 0 Å². The summed E-state index contributed by atoms with van der Waals surface area (Å²) < 4.78 is 16.0. The highest BCUT2D eigenvalue weighted by Gasteiger charge is 2.43. The van der Waals surface area contributed by atoms with Crippen molar-refractivity contribution < 1.29 is 24.1 Å². The number of aliphatic carboxylic acids is 1. The molecule has 0 spiro atoms. The molecular weight excluding hydrogens is 262 g/mol. The van der Waals surface area contributed by atoms with Crippen molar-refractivity contribution in [2.75, 3.05) is 27.9 Å². The molecule has 1 unspecified atom stereocenters. The number of hydrogen-bond donors (Lipinski definition) is 2. The summed E-state index contributed by atoms with van der Waals surface area (Å²) in [6, 6.07) is 1.82. The van der Waals surface area contributed by atoms with Crippen LogP contribution in [-0.4, -0.2) is 38.9 Å². The summed E-state index contributed by atoms with van der Waals surface area (Å²) in [5.41, 5.74) is 0.276. The summed E-state index contributed by atoms with van der Waals surface area (Å²) in [6.45, 7) is 2.20. The van der Waals surface area contributed by atoms with Gasteiger partial charge in [0.15, 0.2) is 11.5 Å². The van der Waals surface area contributed by atoms with Crippen LogP contribution in [0.3, 0.4) is 0 Å². The molecule has 1 heterocycles. The molecule has 6 heteroatoms. The maximum absolute atomic E-state index is 11.7. The lowest BCUT2D eigenvalue weighted by Gasteiger charge is -2.35. The Morgan fingerprint density at radius 2 is 1.90 bits per heavy atom. The first-order chi connectivity index (χ1) is 9.49. The number of carboxylic acids is 1. The average molecular weight is 281 g/mol. The van der Waals surface area contributed by atoms with Gasteiger partial charge in [-0.1, -0.05) is 0 Å². The van der Waals surface area contributed by atoms with Crippen molar-refractivity contribution in [1.29, 1.82) is 0 Å². The molecule has 0 amide bonds. The molecule has 1 aliphatic rings. The molecule has 0 radical (unpaired) electrons. The molecule has 1 aromatic carbocycles. The number of ether oxygens (including phenoxy) is 3. The summed E-state index contributed by atoms with van der Waals surface area (Å²) in [7, 11) is 4.54. The van der Waals surface area contributed by atoms with Crippen LogP contribution in [0.1, 0.15) is 18.1 Å². The van der Waals surface area contributed by atoms with E-state index in [9.17, 15) is 9.90 Å². The number of methoxy groups -OCH3 is 3. The molecule has 1 aromatic rings. The van der Waals surface area contributed by atoms with Crippen molar-refractivity contribution in [3.8, 4) is 17.2 Å². The fourth-order valence-corrected chi connectivity index (χ4v) is 2.67. The van der Waals surface area contributed by atoms with Crippen molar-refractivity contribution in [1.82, 2.24) is 5.32 Å². The van der Waals surface area contributed by atoms with Crippen molar-refractivity contribution in [2.45, 2.75) is 18.9 Å². The van der Waals surface area contributed by atoms with Gasteiger partial charge in [-0.3, -0.25) is 5.32 Å². The molecule has 1 atom stereocenters. The summed E-state index contributed by atoms with van der Waals surface area (Å²) in [5.74, 6) is 0.394. The van der Waals surface area contributed by atoms with Crippen LogP contribution in [-0.2, 0) is 16.8 Å². The number of nitrogens with one attached hydrogen (secondary N) is 1. The van der Waals surface area contributed by atoms with E-state index in [4.69, 9.17) is 14.2 Å². The molecule has 110 valence electrons. The molecule has 2 rings (SSSR count). The van der Waals surface area contributed by atoms with E-state index in [1.54, 1.807) is 14.0 Å². The quantitative estimate of drug-likeness (QED) is 0.862. The number of benzene rings is 1. The van der Waals surface area contributed by atoms with Gasteiger partial charge in [0.1, 0.15) is 5.54 Å². The number of carboxylic acid groups (broad SMARTS) is 1. The van der Waals surface area contributed by atoms with E-state index in [0.717, 1.165) is 5.56 Å². The van der Waals surface area contributed by atoms with Gasteiger partial charge in [0.2, 0.25) is 5.75 Å². The van der Waals surface area contributed by atoms with Crippen LogP contribution in [0.25, 0.3) is 0 Å². The Bertz CT molecular complexity index is 543. The molecule has 0 bridgehead atoms. The predicted molar refractivity (Wildman–Crippen MR) is 72.8 cm³/mol. The minimum absolute atomic E-state index is 0.402. The van der Waals surface area contributed by atoms with E-state index >= 15 is 0 Å². The van der Waals surface area contributed by atoms with E-state index in [1.165, 1.54) is 14.2 Å². The van der Waals surface area contributed by atoms with Crippen LogP contribution < -0.4 is 19.5 Å². The third-order valence-electron chi connectivity index (χ3n) is 3.71. The van der Waals surface area contributed by atoms with Crippen LogP contribution in [0.4, 0.5) is 0 Å². The van der Waals surface area contributed by atoms with Gasteiger partial charge in [0.25, 0.3) is 0 Å². The fraction of sp³-hybridized carbons (Fsp3) is 0.500. The number of fused-ring (bicyclic) bond motifs is 1. The molecule has 1 aliphatic heterocycles. The first-order valence-corrected chi connectivity index (χ1v) is 6.30. The lowest BCUT2D eigenvalue weighted by Crippen LogP contribution is -2.51. The van der Waals surface area contributed by atoms with Gasteiger partial charge < -0.3 is 19.3 Å². The maximum atomic E-state index is 11.7. The number of hydrogen-bond acceptors (Lipinski definition) is 5. The van der Waals surface area contributed by atoms with Gasteiger partial charge >= 0.3 is 5.97 Å². The van der Waals surface area contributed by atoms with E-state index in [1.807, 2.05) is 6.07 Å². The summed E-state index contributed by atoms with van der Waals surface area (Å²) in [6.07, 6.45) is 0.703. The Kier molecular flexibility index (Phi) is 3.76. The summed E-state index contributed by atoms with van der Waals surface area (Å²) >= 11 is 0. The first-order valence-electron chi connectivity index (χ1n) is 6.30. The molecule has 0 fully saturated rings. The van der Waals surface area contributed by atoms with E-state index < -0.39 is 11.5 Å². The van der Waals surface area contributed by atoms with Crippen LogP contribution >= 0.6 is 0 Å². The zero-order valence-electron chi connectivity index (χ0n) is 12.1. The highest BCUT2D eigenvalue weighted by atomic mass is 16.5. The zero-order chi connectivity index (χ0) is 14.9. The minimum Gasteiger partial charge on any atom is -0.493 e. The molecular formula is C14H19NO5. The Hall–Kier alpha value is -1.95. The van der Waals surface area contributed by atoms with E-state index in [0.29, 0.717) is 35.8 Å². The third-order valence-corrected chi connectivity index (χ3v) is 3.71. The minimum atomic E-state index is -1.21. The normalized spacial score (nSPS) is 21.0. The second-order valence-electron chi connectivity index (χ2n) is 4.79. The monoisotopic (exact) mass is 281 g/mol. The van der Waals surface area contributed by atoms with Crippen LogP contribution in [0.5, 0.6) is 17.2 Å². The van der Waals surface area contributed by atoms with Gasteiger partial charge in [-0.25, -0.2) is 4.79 Å². The second-order valence-corrected chi connectivity index (χ2v) is 4.79. The molecule has 6 nitrogen and oxygen atoms in total. The summed E-state index contributed by atoms with van der Waals surface area (Å²) in [5, 5.41) is 12.6. The van der Waals surface area contributed by atoms with Gasteiger partial charge in [-0.15, -0.1) is 0 Å². The first kappa shape index (κ1) is 14.5. The lowest BCUT2D eigenvalue weighted by molar-refractivity contribution is -0.144. The maximum Gasteiger partial charge on any atom is 0.328 e. The smallest absolute Gasteiger partial charge is 0.328 e. The van der Waals surface area contributed by atoms with E-state index in [2.05, 4.69) is 5.32 Å². The van der Waals surface area contributed by atoms with Crippen molar-refractivity contribution in [3.05, 3.63) is 17.2 Å². The third kappa shape index (κ3) is 1.96. The Labute approximate surface area is 117 Å². The van der Waals surface area contributed by atoms with Gasteiger partial charge in [-0.2, -0.15) is 0 Å². The topological polar surface area (TPSA) is 77.0 Å². The molecule has 0 saturated carbocycles. The number of rotatable bonds is 4. The largest absolute Gasteiger partial charge is 0.493 e. The van der Waals surface area contributed by atoms with Crippen LogP contribution in [0.2, 0.25) is 0 Å². The number of carbonyl (C=O) groups is 1. The summed E-state index contributed by atoms with van der Waals surface area (Å²) in [4.78, 5) is 11.7. The predicted octanol–water partition coefficient (Wildman–Crippen LogP) is 1.16. The van der Waals surface area contributed by atoms with Crippen molar-refractivity contribution >= 4 is 5.97 Å². The van der Waals surface area contributed by atoms with E-state index in [-0.39, 0.29) is 0 Å². The van der Waals surface area contributed by atoms with Crippen molar-refractivity contribution in [3.63, 3.8) is 0 Å². The Morgan fingerprint density at radius 1 is 1.25 bits per heavy atom. The average Bonchev–Trinajstić information content (AvgIpc) is 2.45. The lowest BCUT2D eigenvalue weighted by atomic mass is 9.82. The van der Waals surface area contributed by atoms with Gasteiger partial charge in [0.05, 0.1) is 21.3 Å². The Morgan fingerprint density at radius 3 is 2.40 bits per heavy atom. The van der Waals surface area contributed by atoms with Crippen molar-refractivity contribution in [2.24, 2.45) is 0 Å². The highest BCUT2D eigenvalue weighted by Crippen LogP contribution is 2.47. The molecule has 20 heavy (non-hydrogen) atoms. The standard InChI is InChI=1S/C14H19NO5/c1-14(13(16)17)10-8(5-6-15-14)7-9(18-2)11(19-3)12(10)20-4/h7,15H,5-6H2,1-4H3,(H,16,17). The molecule has 0 saturated heterocycles. The molecule has 0 aromatic heterocycles. The van der Waals surface area contributed by atoms with Crippen LogP contribution in [0.15, 0.2) is 6.07 Å². The Balaban J connectivity index is 2.78. The second kappa shape index (κ2) is 5.20.